The Hall–Kier alpha value is -2.88. The van der Waals surface area contributed by atoms with E-state index in [9.17, 15) is 9.18 Å². The van der Waals surface area contributed by atoms with Crippen molar-refractivity contribution in [3.05, 3.63) is 72.5 Å². The van der Waals surface area contributed by atoms with Crippen LogP contribution < -0.4 is 10.6 Å². The van der Waals surface area contributed by atoms with E-state index >= 15 is 0 Å². The summed E-state index contributed by atoms with van der Waals surface area (Å²) in [7, 11) is 0. The molecule has 0 bridgehead atoms. The van der Waals surface area contributed by atoms with Gasteiger partial charge in [0.15, 0.2) is 0 Å². The van der Waals surface area contributed by atoms with Crippen molar-refractivity contribution < 1.29 is 9.18 Å². The van der Waals surface area contributed by atoms with Crippen molar-refractivity contribution in [1.29, 1.82) is 0 Å². The Labute approximate surface area is 134 Å². The number of nitrogens with one attached hydrogen (secondary N) is 2. The topological polar surface area (TPSA) is 41.1 Å². The van der Waals surface area contributed by atoms with Gasteiger partial charge >= 0.3 is 0 Å². The van der Waals surface area contributed by atoms with Crippen molar-refractivity contribution >= 4 is 28.1 Å². The van der Waals surface area contributed by atoms with Gasteiger partial charge in [0, 0.05) is 16.8 Å². The molecule has 3 rings (SSSR count). The highest BCUT2D eigenvalue weighted by atomic mass is 19.1. The number of carbonyl (C=O) groups excluding carboxylic acids is 1. The third-order valence-corrected chi connectivity index (χ3v) is 3.67. The molecule has 3 aromatic rings. The van der Waals surface area contributed by atoms with Gasteiger partial charge in [0.25, 0.3) is 0 Å². The number of halogens is 1. The molecule has 0 aliphatic rings. The first-order chi connectivity index (χ1) is 11.1. The molecule has 0 saturated heterocycles. The van der Waals surface area contributed by atoms with Crippen LogP contribution >= 0.6 is 0 Å². The van der Waals surface area contributed by atoms with Gasteiger partial charge in [-0.25, -0.2) is 4.39 Å². The van der Waals surface area contributed by atoms with Crippen LogP contribution in [0.3, 0.4) is 0 Å². The molecule has 1 atom stereocenters. The maximum Gasteiger partial charge on any atom is 0.246 e. The van der Waals surface area contributed by atoms with E-state index in [1.807, 2.05) is 42.5 Å². The Morgan fingerprint density at radius 3 is 2.43 bits per heavy atom. The van der Waals surface area contributed by atoms with Gasteiger partial charge in [0.05, 0.1) is 0 Å². The standard InChI is InChI=1S/C19H17FN2O/c1-13(21-16-11-9-15(20)10-12-16)19(23)22-18-8-4-6-14-5-2-3-7-17(14)18/h2-13,21H,1H3,(H,22,23)/t13-/m0/s1. The van der Waals surface area contributed by atoms with Crippen molar-refractivity contribution in [1.82, 2.24) is 0 Å². The average Bonchev–Trinajstić information content (AvgIpc) is 2.57. The van der Waals surface area contributed by atoms with Gasteiger partial charge in [-0.05, 0) is 42.6 Å². The second kappa shape index (κ2) is 6.48. The van der Waals surface area contributed by atoms with Crippen LogP contribution in [0.2, 0.25) is 0 Å². The van der Waals surface area contributed by atoms with Crippen LogP contribution in [-0.2, 0) is 4.79 Å². The number of hydrogen-bond acceptors (Lipinski definition) is 2. The van der Waals surface area contributed by atoms with E-state index in [0.29, 0.717) is 5.69 Å². The smallest absolute Gasteiger partial charge is 0.246 e. The second-order valence-corrected chi connectivity index (χ2v) is 5.39. The molecule has 0 aliphatic carbocycles. The summed E-state index contributed by atoms with van der Waals surface area (Å²) in [6.07, 6.45) is 0. The van der Waals surface area contributed by atoms with Gasteiger partial charge < -0.3 is 10.6 Å². The first kappa shape index (κ1) is 15.0. The Morgan fingerprint density at radius 1 is 0.957 bits per heavy atom. The monoisotopic (exact) mass is 308 g/mol. The van der Waals surface area contributed by atoms with E-state index in [1.54, 1.807) is 19.1 Å². The van der Waals surface area contributed by atoms with Gasteiger partial charge in [-0.2, -0.15) is 0 Å². The summed E-state index contributed by atoms with van der Waals surface area (Å²) in [6.45, 7) is 1.77. The molecule has 0 unspecified atom stereocenters. The number of amides is 1. The third-order valence-electron chi connectivity index (χ3n) is 3.67. The van der Waals surface area contributed by atoms with Gasteiger partial charge in [-0.3, -0.25) is 4.79 Å². The molecule has 1 amide bonds. The van der Waals surface area contributed by atoms with Crippen molar-refractivity contribution in [3.8, 4) is 0 Å². The van der Waals surface area contributed by atoms with E-state index in [1.165, 1.54) is 12.1 Å². The quantitative estimate of drug-likeness (QED) is 0.749. The maximum absolute atomic E-state index is 12.9. The van der Waals surface area contributed by atoms with Gasteiger partial charge in [0.1, 0.15) is 11.9 Å². The lowest BCUT2D eigenvalue weighted by molar-refractivity contribution is -0.116. The number of carbonyl (C=O) groups is 1. The van der Waals surface area contributed by atoms with Crippen LogP contribution in [0.5, 0.6) is 0 Å². The summed E-state index contributed by atoms with van der Waals surface area (Å²) in [5.41, 5.74) is 1.48. The Kier molecular flexibility index (Phi) is 4.24. The normalized spacial score (nSPS) is 11.9. The average molecular weight is 308 g/mol. The van der Waals surface area contributed by atoms with Crippen molar-refractivity contribution in [3.63, 3.8) is 0 Å². The molecule has 0 fully saturated rings. The van der Waals surface area contributed by atoms with Crippen LogP contribution in [0.4, 0.5) is 15.8 Å². The number of anilines is 2. The molecule has 0 saturated carbocycles. The number of rotatable bonds is 4. The summed E-state index contributed by atoms with van der Waals surface area (Å²) < 4.78 is 12.9. The Bertz CT molecular complexity index is 825. The van der Waals surface area contributed by atoms with Crippen LogP contribution in [0, 0.1) is 5.82 Å². The van der Waals surface area contributed by atoms with Crippen LogP contribution in [-0.4, -0.2) is 11.9 Å². The fourth-order valence-corrected chi connectivity index (χ4v) is 2.44. The van der Waals surface area contributed by atoms with Crippen molar-refractivity contribution in [2.24, 2.45) is 0 Å². The molecular weight excluding hydrogens is 291 g/mol. The first-order valence-corrected chi connectivity index (χ1v) is 7.44. The summed E-state index contributed by atoms with van der Waals surface area (Å²) in [5.74, 6) is -0.450. The van der Waals surface area contributed by atoms with E-state index in [-0.39, 0.29) is 11.7 Å². The third kappa shape index (κ3) is 3.48. The molecule has 2 N–H and O–H groups in total. The molecule has 3 nitrogen and oxygen atoms in total. The molecule has 23 heavy (non-hydrogen) atoms. The van der Waals surface area contributed by atoms with Crippen LogP contribution in [0.15, 0.2) is 66.7 Å². The molecule has 3 aromatic carbocycles. The lowest BCUT2D eigenvalue weighted by Crippen LogP contribution is -2.31. The molecule has 0 spiro atoms. The number of hydrogen-bond donors (Lipinski definition) is 2. The largest absolute Gasteiger partial charge is 0.374 e. The predicted molar refractivity (Wildman–Crippen MR) is 92.1 cm³/mol. The van der Waals surface area contributed by atoms with E-state index in [4.69, 9.17) is 0 Å². The van der Waals surface area contributed by atoms with Gasteiger partial charge in [-0.1, -0.05) is 36.4 Å². The summed E-state index contributed by atoms with van der Waals surface area (Å²) in [5, 5.41) is 8.07. The Morgan fingerprint density at radius 2 is 1.65 bits per heavy atom. The molecule has 4 heteroatoms. The minimum atomic E-state index is -0.445. The summed E-state index contributed by atoms with van der Waals surface area (Å²) in [6, 6.07) is 19.2. The van der Waals surface area contributed by atoms with Crippen molar-refractivity contribution in [2.45, 2.75) is 13.0 Å². The van der Waals surface area contributed by atoms with Crippen molar-refractivity contribution in [2.75, 3.05) is 10.6 Å². The zero-order chi connectivity index (χ0) is 16.2. The van der Waals surface area contributed by atoms with E-state index < -0.39 is 6.04 Å². The Balaban J connectivity index is 1.74. The molecule has 0 aromatic heterocycles. The predicted octanol–water partition coefficient (Wildman–Crippen LogP) is 4.42. The van der Waals surface area contributed by atoms with E-state index in [2.05, 4.69) is 10.6 Å². The molecule has 0 heterocycles. The molecular formula is C19H17FN2O. The highest BCUT2D eigenvalue weighted by Crippen LogP contribution is 2.23. The lowest BCUT2D eigenvalue weighted by atomic mass is 10.1. The maximum atomic E-state index is 12.9. The minimum absolute atomic E-state index is 0.148. The zero-order valence-corrected chi connectivity index (χ0v) is 12.7. The van der Waals surface area contributed by atoms with Gasteiger partial charge in [-0.15, -0.1) is 0 Å². The lowest BCUT2D eigenvalue weighted by Gasteiger charge is -2.16. The molecule has 0 aliphatic heterocycles. The molecule has 0 radical (unpaired) electrons. The minimum Gasteiger partial charge on any atom is -0.374 e. The highest BCUT2D eigenvalue weighted by Gasteiger charge is 2.14. The fourth-order valence-electron chi connectivity index (χ4n) is 2.44. The summed E-state index contributed by atoms with van der Waals surface area (Å²) >= 11 is 0. The fraction of sp³-hybridized carbons (Fsp3) is 0.105. The number of fused-ring (bicyclic) bond motifs is 1. The summed E-state index contributed by atoms with van der Waals surface area (Å²) in [4.78, 5) is 12.4. The highest BCUT2D eigenvalue weighted by molar-refractivity contribution is 6.04. The second-order valence-electron chi connectivity index (χ2n) is 5.39. The van der Waals surface area contributed by atoms with E-state index in [0.717, 1.165) is 16.5 Å². The van der Waals surface area contributed by atoms with Crippen LogP contribution in [0.1, 0.15) is 6.92 Å². The van der Waals surface area contributed by atoms with Gasteiger partial charge in [0.2, 0.25) is 5.91 Å². The number of benzene rings is 3. The molecule has 116 valence electrons. The van der Waals surface area contributed by atoms with Crippen LogP contribution in [0.25, 0.3) is 10.8 Å². The first-order valence-electron chi connectivity index (χ1n) is 7.44. The zero-order valence-electron chi connectivity index (χ0n) is 12.7. The SMILES string of the molecule is C[C@H](Nc1ccc(F)cc1)C(=O)Nc1cccc2ccccc12.